The first-order valence-corrected chi connectivity index (χ1v) is 5.85. The van der Waals surface area contributed by atoms with E-state index in [4.69, 9.17) is 0 Å². The van der Waals surface area contributed by atoms with Crippen LogP contribution in [0.25, 0.3) is 0 Å². The van der Waals surface area contributed by atoms with Gasteiger partial charge in [0.15, 0.2) is 0 Å². The second-order valence-electron chi connectivity index (χ2n) is 5.24. The fourth-order valence-corrected chi connectivity index (χ4v) is 1.84. The molecule has 0 spiro atoms. The third kappa shape index (κ3) is 4.95. The van der Waals surface area contributed by atoms with Crippen molar-refractivity contribution < 1.29 is 31.1 Å². The second-order valence-corrected chi connectivity index (χ2v) is 5.24. The fraction of sp³-hybridized carbons (Fsp3) is 0.462. The minimum Gasteiger partial charge on any atom is -0.353 e. The predicted octanol–water partition coefficient (Wildman–Crippen LogP) is 3.79. The second kappa shape index (κ2) is 5.57. The van der Waals surface area contributed by atoms with Crippen LogP contribution >= 0.6 is 0 Å². The summed E-state index contributed by atoms with van der Waals surface area (Å²) in [7, 11) is 0. The zero-order valence-electron chi connectivity index (χ0n) is 11.2. The number of nitrogens with one attached hydrogen (secondary N) is 1. The van der Waals surface area contributed by atoms with Crippen LogP contribution in [0.5, 0.6) is 0 Å². The number of rotatable bonds is 4. The van der Waals surface area contributed by atoms with Crippen molar-refractivity contribution >= 4 is 6.41 Å². The van der Waals surface area contributed by atoms with Gasteiger partial charge >= 0.3 is 12.4 Å². The molecule has 0 saturated heterocycles. The Hall–Kier alpha value is -1.73. The monoisotopic (exact) mass is 313 g/mol. The average Bonchev–Trinajstić information content (AvgIpc) is 2.25. The number of hydrogen-bond acceptors (Lipinski definition) is 1. The van der Waals surface area contributed by atoms with E-state index in [0.717, 1.165) is 0 Å². The van der Waals surface area contributed by atoms with Gasteiger partial charge in [-0.1, -0.05) is 0 Å². The number of carbonyl (C=O) groups excluding carboxylic acids is 1. The third-order valence-corrected chi connectivity index (χ3v) is 2.74. The van der Waals surface area contributed by atoms with Crippen molar-refractivity contribution in [1.29, 1.82) is 0 Å². The summed E-state index contributed by atoms with van der Waals surface area (Å²) in [6.45, 7) is 2.99. The molecule has 0 unspecified atom stereocenters. The molecule has 1 aromatic rings. The highest BCUT2D eigenvalue weighted by Gasteiger charge is 2.37. The molecule has 118 valence electrons. The van der Waals surface area contributed by atoms with E-state index in [2.05, 4.69) is 5.32 Å². The van der Waals surface area contributed by atoms with E-state index < -0.39 is 29.0 Å². The number of hydrogen-bond donors (Lipinski definition) is 1. The Bertz CT molecular complexity index is 486. The molecule has 2 nitrogen and oxygen atoms in total. The van der Waals surface area contributed by atoms with Gasteiger partial charge in [-0.3, -0.25) is 4.79 Å². The van der Waals surface area contributed by atoms with Crippen molar-refractivity contribution in [1.82, 2.24) is 5.32 Å². The summed E-state index contributed by atoms with van der Waals surface area (Å²) in [6.07, 6.45) is -9.58. The summed E-state index contributed by atoms with van der Waals surface area (Å²) in [5, 5.41) is 2.34. The molecule has 0 aliphatic rings. The molecule has 0 heterocycles. The van der Waals surface area contributed by atoms with E-state index in [1.54, 1.807) is 0 Å². The zero-order chi connectivity index (χ0) is 16.5. The molecule has 1 rings (SSSR count). The van der Waals surface area contributed by atoms with Gasteiger partial charge in [0.1, 0.15) is 0 Å². The van der Waals surface area contributed by atoms with Gasteiger partial charge in [-0.05, 0) is 44.0 Å². The molecule has 0 atom stereocenters. The highest BCUT2D eigenvalue weighted by Crippen LogP contribution is 2.36. The van der Waals surface area contributed by atoms with Crippen molar-refractivity contribution in [2.24, 2.45) is 0 Å². The smallest absolute Gasteiger partial charge is 0.353 e. The highest BCUT2D eigenvalue weighted by molar-refractivity contribution is 5.48. The minimum atomic E-state index is -4.88. The summed E-state index contributed by atoms with van der Waals surface area (Å²) < 4.78 is 76.1. The molecule has 8 heteroatoms. The van der Waals surface area contributed by atoms with Crippen LogP contribution in [0.3, 0.4) is 0 Å². The van der Waals surface area contributed by atoms with Gasteiger partial charge in [-0.25, -0.2) is 0 Å². The molecule has 1 amide bonds. The van der Waals surface area contributed by atoms with E-state index in [1.165, 1.54) is 13.8 Å². The summed E-state index contributed by atoms with van der Waals surface area (Å²) >= 11 is 0. The topological polar surface area (TPSA) is 29.1 Å². The van der Waals surface area contributed by atoms with Crippen molar-refractivity contribution in [2.75, 3.05) is 0 Å². The van der Waals surface area contributed by atoms with Crippen LogP contribution in [-0.4, -0.2) is 11.9 Å². The van der Waals surface area contributed by atoms with Crippen molar-refractivity contribution in [3.05, 3.63) is 34.9 Å². The number of benzene rings is 1. The summed E-state index contributed by atoms with van der Waals surface area (Å²) in [5.74, 6) is 0. The molecule has 0 saturated carbocycles. The Morgan fingerprint density at radius 3 is 1.71 bits per heavy atom. The number of alkyl halides is 6. The van der Waals surface area contributed by atoms with Gasteiger partial charge < -0.3 is 5.32 Å². The van der Waals surface area contributed by atoms with Crippen LogP contribution in [0.2, 0.25) is 0 Å². The molecule has 0 fully saturated rings. The third-order valence-electron chi connectivity index (χ3n) is 2.74. The largest absolute Gasteiger partial charge is 0.416 e. The van der Waals surface area contributed by atoms with Crippen molar-refractivity contribution in [3.8, 4) is 0 Å². The first-order chi connectivity index (χ1) is 9.35. The number of carbonyl (C=O) groups is 1. The maximum absolute atomic E-state index is 12.7. The van der Waals surface area contributed by atoms with Crippen LogP contribution in [0, 0.1) is 0 Å². The lowest BCUT2D eigenvalue weighted by molar-refractivity contribution is -0.143. The van der Waals surface area contributed by atoms with Crippen molar-refractivity contribution in [3.63, 3.8) is 0 Å². The van der Waals surface area contributed by atoms with Gasteiger partial charge in [0, 0.05) is 5.54 Å². The standard InChI is InChI=1S/C13H13F6NO/c1-11(2,20-7-21)6-8-3-9(12(14,15)16)5-10(4-8)13(17,18)19/h3-5,7H,6H2,1-2H3,(H,20,21). The lowest BCUT2D eigenvalue weighted by Crippen LogP contribution is -2.40. The van der Waals surface area contributed by atoms with Crippen LogP contribution in [0.4, 0.5) is 26.3 Å². The molecule has 0 aromatic heterocycles. The molecular weight excluding hydrogens is 300 g/mol. The van der Waals surface area contributed by atoms with Gasteiger partial charge in [0.05, 0.1) is 11.1 Å². The zero-order valence-corrected chi connectivity index (χ0v) is 11.2. The van der Waals surface area contributed by atoms with Crippen LogP contribution in [-0.2, 0) is 23.6 Å². The van der Waals surface area contributed by atoms with Crippen molar-refractivity contribution in [2.45, 2.75) is 38.2 Å². The molecule has 0 bridgehead atoms. The first-order valence-electron chi connectivity index (χ1n) is 5.85. The molecule has 0 aliphatic carbocycles. The van der Waals surface area contributed by atoms with E-state index in [1.807, 2.05) is 0 Å². The molecular formula is C13H13F6NO. The Morgan fingerprint density at radius 1 is 0.952 bits per heavy atom. The number of halogens is 6. The molecule has 0 radical (unpaired) electrons. The molecule has 0 aliphatic heterocycles. The van der Waals surface area contributed by atoms with Gasteiger partial charge in [-0.15, -0.1) is 0 Å². The Labute approximate surface area is 117 Å². The summed E-state index contributed by atoms with van der Waals surface area (Å²) in [6, 6.07) is 1.39. The summed E-state index contributed by atoms with van der Waals surface area (Å²) in [4.78, 5) is 10.4. The quantitative estimate of drug-likeness (QED) is 0.665. The van der Waals surface area contributed by atoms with Gasteiger partial charge in [0.25, 0.3) is 0 Å². The van der Waals surface area contributed by atoms with E-state index in [9.17, 15) is 31.1 Å². The number of amides is 1. The maximum Gasteiger partial charge on any atom is 0.416 e. The summed E-state index contributed by atoms with van der Waals surface area (Å²) in [5.41, 5.74) is -3.85. The average molecular weight is 313 g/mol. The van der Waals surface area contributed by atoms with Crippen LogP contribution in [0.15, 0.2) is 18.2 Å². The first kappa shape index (κ1) is 17.3. The SMILES string of the molecule is CC(C)(Cc1cc(C(F)(F)F)cc(C(F)(F)F)c1)NC=O. The highest BCUT2D eigenvalue weighted by atomic mass is 19.4. The van der Waals surface area contributed by atoms with E-state index in [0.29, 0.717) is 18.5 Å². The van der Waals surface area contributed by atoms with Gasteiger partial charge in [-0.2, -0.15) is 26.3 Å². The minimum absolute atomic E-state index is 0.0731. The van der Waals surface area contributed by atoms with Gasteiger partial charge in [0.2, 0.25) is 6.41 Å². The Morgan fingerprint density at radius 2 is 1.38 bits per heavy atom. The Balaban J connectivity index is 3.29. The molecule has 1 N–H and O–H groups in total. The van der Waals surface area contributed by atoms with E-state index in [-0.39, 0.29) is 18.1 Å². The molecule has 21 heavy (non-hydrogen) atoms. The molecule has 1 aromatic carbocycles. The lowest BCUT2D eigenvalue weighted by atomic mass is 9.92. The van der Waals surface area contributed by atoms with Crippen LogP contribution < -0.4 is 5.32 Å². The normalized spacial score (nSPS) is 13.1. The van der Waals surface area contributed by atoms with Crippen LogP contribution in [0.1, 0.15) is 30.5 Å². The lowest BCUT2D eigenvalue weighted by Gasteiger charge is -2.25. The van der Waals surface area contributed by atoms with E-state index >= 15 is 0 Å². The Kier molecular flexibility index (Phi) is 4.60. The predicted molar refractivity (Wildman–Crippen MR) is 63.4 cm³/mol. The maximum atomic E-state index is 12.7. The fourth-order valence-electron chi connectivity index (χ4n) is 1.84.